The molecule has 0 aliphatic rings. The lowest BCUT2D eigenvalue weighted by atomic mass is 10.1. The minimum atomic E-state index is 0.348. The summed E-state index contributed by atoms with van der Waals surface area (Å²) < 4.78 is 15.9. The van der Waals surface area contributed by atoms with Crippen LogP contribution in [-0.2, 0) is 0 Å². The summed E-state index contributed by atoms with van der Waals surface area (Å²) in [6.45, 7) is 0. The third-order valence-corrected chi connectivity index (χ3v) is 2.27. The van der Waals surface area contributed by atoms with Crippen LogP contribution in [0, 0.1) is 0 Å². The van der Waals surface area contributed by atoms with Crippen molar-refractivity contribution in [3.8, 4) is 11.1 Å². The number of benzene rings is 2. The van der Waals surface area contributed by atoms with Crippen molar-refractivity contribution in [2.24, 2.45) is 0 Å². The van der Waals surface area contributed by atoms with Crippen LogP contribution in [-0.4, -0.2) is 0 Å². The molecule has 0 bridgehead atoms. The van der Waals surface area contributed by atoms with Gasteiger partial charge in [0.15, 0.2) is 0 Å². The summed E-state index contributed by atoms with van der Waals surface area (Å²) >= 11 is 3.21. The zero-order chi connectivity index (χ0) is 10.8. The Morgan fingerprint density at radius 2 is 1.38 bits per heavy atom. The highest BCUT2D eigenvalue weighted by Gasteiger charge is 1.94. The topological polar surface area (TPSA) is 0 Å². The molecule has 0 aliphatic carbocycles. The maximum absolute atomic E-state index is 7.68. The van der Waals surface area contributed by atoms with E-state index in [-0.39, 0.29) is 0 Å². The fourth-order valence-corrected chi connectivity index (χ4v) is 1.39. The molecular weight excluding hydrogens is 224 g/mol. The normalized spacial score (nSPS) is 12.1. The predicted molar refractivity (Wildman–Crippen MR) is 59.6 cm³/mol. The van der Waals surface area contributed by atoms with E-state index in [1.165, 1.54) is 0 Å². The Labute approximate surface area is 89.2 Å². The molecule has 0 aromatic heterocycles. The van der Waals surface area contributed by atoms with Gasteiger partial charge in [-0.3, -0.25) is 0 Å². The van der Waals surface area contributed by atoms with Gasteiger partial charge in [-0.2, -0.15) is 0 Å². The monoisotopic (exact) mass is 234 g/mol. The Morgan fingerprint density at radius 1 is 0.846 bits per heavy atom. The van der Waals surface area contributed by atoms with Gasteiger partial charge in [-0.1, -0.05) is 58.4 Å². The third-order valence-electron chi connectivity index (χ3n) is 1.82. The van der Waals surface area contributed by atoms with Crippen LogP contribution in [0.3, 0.4) is 0 Å². The van der Waals surface area contributed by atoms with E-state index < -0.39 is 0 Å². The number of halogens is 1. The van der Waals surface area contributed by atoms with E-state index in [9.17, 15) is 0 Å². The lowest BCUT2D eigenvalue weighted by Crippen LogP contribution is -1.75. The SMILES string of the molecule is [2H]c1cc(-c2ccccc2)cc([2H])c1Br. The van der Waals surface area contributed by atoms with Crippen LogP contribution in [0.2, 0.25) is 0 Å². The van der Waals surface area contributed by atoms with Crippen molar-refractivity contribution < 1.29 is 2.74 Å². The summed E-state index contributed by atoms with van der Waals surface area (Å²) in [7, 11) is 0. The van der Waals surface area contributed by atoms with Gasteiger partial charge in [0.1, 0.15) is 0 Å². The Bertz CT molecular complexity index is 457. The minimum absolute atomic E-state index is 0.348. The van der Waals surface area contributed by atoms with Crippen molar-refractivity contribution in [2.45, 2.75) is 0 Å². The fraction of sp³-hybridized carbons (Fsp3) is 0. The van der Waals surface area contributed by atoms with Crippen molar-refractivity contribution in [1.29, 1.82) is 0 Å². The zero-order valence-electron chi connectivity index (χ0n) is 8.92. The molecule has 2 aromatic carbocycles. The van der Waals surface area contributed by atoms with Crippen LogP contribution in [0.4, 0.5) is 0 Å². The van der Waals surface area contributed by atoms with Crippen molar-refractivity contribution in [1.82, 2.24) is 0 Å². The van der Waals surface area contributed by atoms with Crippen LogP contribution < -0.4 is 0 Å². The summed E-state index contributed by atoms with van der Waals surface area (Å²) in [5.74, 6) is 0. The molecule has 0 amide bonds. The first-order valence-electron chi connectivity index (χ1n) is 5.00. The van der Waals surface area contributed by atoms with Crippen molar-refractivity contribution >= 4 is 15.9 Å². The molecular formula is C12H9Br. The van der Waals surface area contributed by atoms with Crippen LogP contribution in [0.5, 0.6) is 0 Å². The molecule has 0 radical (unpaired) electrons. The molecule has 2 rings (SSSR count). The summed E-state index contributed by atoms with van der Waals surface area (Å²) in [5, 5.41) is 0. The molecule has 0 atom stereocenters. The molecule has 1 heteroatoms. The number of hydrogen-bond donors (Lipinski definition) is 0. The molecule has 0 unspecified atom stereocenters. The molecule has 0 spiro atoms. The summed E-state index contributed by atoms with van der Waals surface area (Å²) in [4.78, 5) is 0. The average Bonchev–Trinajstić information content (AvgIpc) is 2.26. The first-order valence-corrected chi connectivity index (χ1v) is 4.80. The van der Waals surface area contributed by atoms with Crippen LogP contribution in [0.15, 0.2) is 59.0 Å². The summed E-state index contributed by atoms with van der Waals surface area (Å²) in [5.41, 5.74) is 1.95. The molecule has 0 N–H and O–H groups in total. The van der Waals surface area contributed by atoms with E-state index in [2.05, 4.69) is 15.9 Å². The summed E-state index contributed by atoms with van der Waals surface area (Å²) in [6.07, 6.45) is 0. The average molecular weight is 235 g/mol. The highest BCUT2D eigenvalue weighted by molar-refractivity contribution is 9.10. The predicted octanol–water partition coefficient (Wildman–Crippen LogP) is 4.12. The van der Waals surface area contributed by atoms with E-state index in [1.807, 2.05) is 30.3 Å². The van der Waals surface area contributed by atoms with Crippen molar-refractivity contribution in [3.63, 3.8) is 0 Å². The zero-order valence-corrected chi connectivity index (χ0v) is 8.51. The molecule has 64 valence electrons. The lowest BCUT2D eigenvalue weighted by Gasteiger charge is -2.00. The van der Waals surface area contributed by atoms with Gasteiger partial charge in [-0.05, 0) is 23.2 Å². The first-order chi connectivity index (χ1) is 7.18. The van der Waals surface area contributed by atoms with Crippen LogP contribution in [0.1, 0.15) is 2.74 Å². The number of rotatable bonds is 1. The van der Waals surface area contributed by atoms with Gasteiger partial charge in [-0.15, -0.1) is 0 Å². The van der Waals surface area contributed by atoms with Gasteiger partial charge in [0, 0.05) is 4.47 Å². The van der Waals surface area contributed by atoms with Gasteiger partial charge in [0.05, 0.1) is 2.74 Å². The van der Waals surface area contributed by atoms with Gasteiger partial charge in [0.2, 0.25) is 0 Å². The largest absolute Gasteiger partial charge is 0.0635 e. The molecule has 0 aliphatic heterocycles. The molecule has 13 heavy (non-hydrogen) atoms. The van der Waals surface area contributed by atoms with Gasteiger partial charge < -0.3 is 0 Å². The molecule has 0 fully saturated rings. The second kappa shape index (κ2) is 3.75. The van der Waals surface area contributed by atoms with E-state index in [1.54, 1.807) is 12.1 Å². The summed E-state index contributed by atoms with van der Waals surface area (Å²) in [6, 6.07) is 14.0. The van der Waals surface area contributed by atoms with E-state index in [0.717, 1.165) is 11.1 Å². The quantitative estimate of drug-likeness (QED) is 0.697. The molecule has 0 saturated heterocycles. The molecule has 0 heterocycles. The smallest absolute Gasteiger partial charge is 0.0622 e. The molecule has 0 saturated carbocycles. The molecule has 0 nitrogen and oxygen atoms in total. The van der Waals surface area contributed by atoms with Gasteiger partial charge >= 0.3 is 0 Å². The van der Waals surface area contributed by atoms with Crippen molar-refractivity contribution in [3.05, 3.63) is 59.0 Å². The second-order valence-electron chi connectivity index (χ2n) is 2.71. The van der Waals surface area contributed by atoms with E-state index in [0.29, 0.717) is 16.6 Å². The number of hydrogen-bond acceptors (Lipinski definition) is 0. The fourth-order valence-electron chi connectivity index (χ4n) is 1.16. The van der Waals surface area contributed by atoms with Gasteiger partial charge in [-0.25, -0.2) is 0 Å². The van der Waals surface area contributed by atoms with E-state index in [4.69, 9.17) is 2.74 Å². The van der Waals surface area contributed by atoms with Crippen molar-refractivity contribution in [2.75, 3.05) is 0 Å². The Balaban J connectivity index is 2.56. The van der Waals surface area contributed by atoms with Gasteiger partial charge in [0.25, 0.3) is 0 Å². The Hall–Kier alpha value is -1.08. The third kappa shape index (κ3) is 1.99. The second-order valence-corrected chi connectivity index (χ2v) is 3.51. The van der Waals surface area contributed by atoms with Crippen LogP contribution >= 0.6 is 15.9 Å². The first kappa shape index (κ1) is 6.39. The lowest BCUT2D eigenvalue weighted by molar-refractivity contribution is 1.59. The highest BCUT2D eigenvalue weighted by atomic mass is 79.9. The Kier molecular flexibility index (Phi) is 1.84. The van der Waals surface area contributed by atoms with E-state index >= 15 is 0 Å². The molecule has 2 aromatic rings. The van der Waals surface area contributed by atoms with Crippen LogP contribution in [0.25, 0.3) is 11.1 Å². The maximum Gasteiger partial charge on any atom is 0.0635 e. The standard InChI is InChI=1S/C12H9Br/c13-12-8-6-11(7-9-12)10-4-2-1-3-5-10/h1-9H/i8D,9D. The Morgan fingerprint density at radius 3 is 2.00 bits per heavy atom. The maximum atomic E-state index is 7.68. The minimum Gasteiger partial charge on any atom is -0.0622 e. The highest BCUT2D eigenvalue weighted by Crippen LogP contribution is 2.20.